The maximum atomic E-state index is 12.2. The van der Waals surface area contributed by atoms with Crippen molar-refractivity contribution in [3.05, 3.63) is 24.3 Å². The van der Waals surface area contributed by atoms with Crippen molar-refractivity contribution in [2.24, 2.45) is 0 Å². The first-order valence-corrected chi connectivity index (χ1v) is 6.90. The Balaban J connectivity index is 2.00. The number of nitrogens with zero attached hydrogens (tertiary/aromatic N) is 1. The molecule has 0 radical (unpaired) electrons. The molecule has 2 unspecified atom stereocenters. The zero-order valence-corrected chi connectivity index (χ0v) is 11.9. The van der Waals surface area contributed by atoms with Crippen molar-refractivity contribution in [3.63, 3.8) is 0 Å². The van der Waals surface area contributed by atoms with Gasteiger partial charge in [-0.2, -0.15) is 0 Å². The topological polar surface area (TPSA) is 44.4 Å². The zero-order valence-electron chi connectivity index (χ0n) is 11.9. The van der Waals surface area contributed by atoms with Crippen molar-refractivity contribution in [2.75, 3.05) is 24.3 Å². The van der Waals surface area contributed by atoms with Gasteiger partial charge in [-0.1, -0.05) is 6.07 Å². The van der Waals surface area contributed by atoms with Gasteiger partial charge in [0, 0.05) is 31.5 Å². The summed E-state index contributed by atoms with van der Waals surface area (Å²) in [5.41, 5.74) is 1.94. The number of hydrogen-bond acceptors (Lipinski definition) is 3. The molecule has 1 aliphatic heterocycles. The van der Waals surface area contributed by atoms with Gasteiger partial charge >= 0.3 is 0 Å². The number of amides is 1. The third kappa shape index (κ3) is 3.70. The van der Waals surface area contributed by atoms with E-state index in [0.717, 1.165) is 30.6 Å². The van der Waals surface area contributed by atoms with E-state index in [-0.39, 0.29) is 11.9 Å². The SMILES string of the molecule is CC1CCCC(C(=O)Nc2cccc(N(C)C)c2)N1. The summed E-state index contributed by atoms with van der Waals surface area (Å²) >= 11 is 0. The van der Waals surface area contributed by atoms with Crippen molar-refractivity contribution in [3.8, 4) is 0 Å². The van der Waals surface area contributed by atoms with E-state index in [2.05, 4.69) is 17.6 Å². The number of benzene rings is 1. The van der Waals surface area contributed by atoms with Gasteiger partial charge in [0.25, 0.3) is 0 Å². The summed E-state index contributed by atoms with van der Waals surface area (Å²) in [5.74, 6) is 0.0717. The fourth-order valence-corrected chi connectivity index (χ4v) is 2.44. The minimum atomic E-state index is -0.0632. The van der Waals surface area contributed by atoms with Crippen LogP contribution in [0.4, 0.5) is 11.4 Å². The molecule has 1 heterocycles. The van der Waals surface area contributed by atoms with Gasteiger partial charge in [0.2, 0.25) is 5.91 Å². The Hall–Kier alpha value is -1.55. The Morgan fingerprint density at radius 1 is 1.37 bits per heavy atom. The molecule has 0 aliphatic carbocycles. The Labute approximate surface area is 115 Å². The zero-order chi connectivity index (χ0) is 13.8. The molecule has 2 atom stereocenters. The van der Waals surface area contributed by atoms with Crippen LogP contribution >= 0.6 is 0 Å². The van der Waals surface area contributed by atoms with Crippen molar-refractivity contribution in [1.82, 2.24) is 5.32 Å². The second-order valence-electron chi connectivity index (χ2n) is 5.49. The average molecular weight is 261 g/mol. The molecule has 1 aromatic carbocycles. The van der Waals surface area contributed by atoms with Crippen molar-refractivity contribution >= 4 is 17.3 Å². The van der Waals surface area contributed by atoms with Gasteiger partial charge in [-0.05, 0) is 44.4 Å². The van der Waals surface area contributed by atoms with Crippen LogP contribution < -0.4 is 15.5 Å². The van der Waals surface area contributed by atoms with E-state index < -0.39 is 0 Å². The van der Waals surface area contributed by atoms with E-state index in [1.54, 1.807) is 0 Å². The van der Waals surface area contributed by atoms with E-state index in [1.165, 1.54) is 0 Å². The highest BCUT2D eigenvalue weighted by Crippen LogP contribution is 2.19. The maximum absolute atomic E-state index is 12.2. The first-order chi connectivity index (χ1) is 9.06. The minimum absolute atomic E-state index is 0.0632. The molecular formula is C15H23N3O. The van der Waals surface area contributed by atoms with E-state index >= 15 is 0 Å². The Kier molecular flexibility index (Phi) is 4.43. The third-order valence-corrected chi connectivity index (χ3v) is 3.56. The number of hydrogen-bond donors (Lipinski definition) is 2. The lowest BCUT2D eigenvalue weighted by Gasteiger charge is -2.27. The van der Waals surface area contributed by atoms with Crippen LogP contribution in [0, 0.1) is 0 Å². The number of rotatable bonds is 3. The predicted octanol–water partition coefficient (Wildman–Crippen LogP) is 2.22. The highest BCUT2D eigenvalue weighted by Gasteiger charge is 2.24. The fraction of sp³-hybridized carbons (Fsp3) is 0.533. The van der Waals surface area contributed by atoms with Crippen LogP contribution in [0.25, 0.3) is 0 Å². The summed E-state index contributed by atoms with van der Waals surface area (Å²) in [7, 11) is 3.98. The monoisotopic (exact) mass is 261 g/mol. The second kappa shape index (κ2) is 6.06. The minimum Gasteiger partial charge on any atom is -0.378 e. The lowest BCUT2D eigenvalue weighted by atomic mass is 9.99. The molecule has 104 valence electrons. The molecule has 2 N–H and O–H groups in total. The number of carbonyl (C=O) groups excluding carboxylic acids is 1. The highest BCUT2D eigenvalue weighted by molar-refractivity contribution is 5.95. The quantitative estimate of drug-likeness (QED) is 0.877. The summed E-state index contributed by atoms with van der Waals surface area (Å²) < 4.78 is 0. The highest BCUT2D eigenvalue weighted by atomic mass is 16.2. The molecule has 1 amide bonds. The summed E-state index contributed by atoms with van der Waals surface area (Å²) in [6.07, 6.45) is 3.19. The van der Waals surface area contributed by atoms with E-state index in [4.69, 9.17) is 0 Å². The van der Waals surface area contributed by atoms with Gasteiger partial charge < -0.3 is 15.5 Å². The van der Waals surface area contributed by atoms with Crippen LogP contribution in [0.3, 0.4) is 0 Å². The van der Waals surface area contributed by atoms with Crippen LogP contribution in [0.1, 0.15) is 26.2 Å². The first-order valence-electron chi connectivity index (χ1n) is 6.90. The van der Waals surface area contributed by atoms with Gasteiger partial charge in [-0.3, -0.25) is 4.79 Å². The van der Waals surface area contributed by atoms with Crippen LogP contribution in [-0.4, -0.2) is 32.1 Å². The number of carbonyl (C=O) groups is 1. The van der Waals surface area contributed by atoms with Crippen LogP contribution in [0.15, 0.2) is 24.3 Å². The largest absolute Gasteiger partial charge is 0.378 e. The maximum Gasteiger partial charge on any atom is 0.241 e. The van der Waals surface area contributed by atoms with Crippen LogP contribution in [-0.2, 0) is 4.79 Å². The standard InChI is InChI=1S/C15H23N3O/c1-11-6-4-9-14(16-11)15(19)17-12-7-5-8-13(10-12)18(2)3/h5,7-8,10-11,14,16H,4,6,9H2,1-3H3,(H,17,19). The molecule has 1 saturated heterocycles. The molecule has 4 heteroatoms. The van der Waals surface area contributed by atoms with Gasteiger partial charge in [-0.25, -0.2) is 0 Å². The Bertz CT molecular complexity index is 445. The molecule has 2 rings (SSSR count). The van der Waals surface area contributed by atoms with Crippen LogP contribution in [0.2, 0.25) is 0 Å². The summed E-state index contributed by atoms with van der Waals surface area (Å²) in [6.45, 7) is 2.13. The van der Waals surface area contributed by atoms with Gasteiger partial charge in [0.15, 0.2) is 0 Å². The molecule has 1 aromatic rings. The Morgan fingerprint density at radius 2 is 2.16 bits per heavy atom. The van der Waals surface area contributed by atoms with Crippen molar-refractivity contribution < 1.29 is 4.79 Å². The van der Waals surface area contributed by atoms with E-state index in [1.807, 2.05) is 43.3 Å². The molecule has 0 bridgehead atoms. The number of anilines is 2. The molecule has 4 nitrogen and oxygen atoms in total. The normalized spacial score (nSPS) is 22.9. The van der Waals surface area contributed by atoms with Gasteiger partial charge in [0.1, 0.15) is 0 Å². The molecule has 19 heavy (non-hydrogen) atoms. The summed E-state index contributed by atoms with van der Waals surface area (Å²) in [4.78, 5) is 14.2. The smallest absolute Gasteiger partial charge is 0.241 e. The molecule has 0 saturated carbocycles. The van der Waals surface area contributed by atoms with E-state index in [0.29, 0.717) is 6.04 Å². The third-order valence-electron chi connectivity index (χ3n) is 3.56. The van der Waals surface area contributed by atoms with Gasteiger partial charge in [-0.15, -0.1) is 0 Å². The van der Waals surface area contributed by atoms with E-state index in [9.17, 15) is 4.79 Å². The lowest BCUT2D eigenvalue weighted by molar-refractivity contribution is -0.118. The molecule has 1 aliphatic rings. The van der Waals surface area contributed by atoms with Crippen molar-refractivity contribution in [1.29, 1.82) is 0 Å². The first kappa shape index (κ1) is 13.9. The summed E-state index contributed by atoms with van der Waals surface area (Å²) in [6, 6.07) is 8.27. The molecule has 0 spiro atoms. The lowest BCUT2D eigenvalue weighted by Crippen LogP contribution is -2.47. The molecule has 0 aromatic heterocycles. The van der Waals surface area contributed by atoms with Crippen molar-refractivity contribution in [2.45, 2.75) is 38.3 Å². The number of nitrogens with one attached hydrogen (secondary N) is 2. The summed E-state index contributed by atoms with van der Waals surface area (Å²) in [5, 5.41) is 6.35. The average Bonchev–Trinajstić information content (AvgIpc) is 2.39. The fourth-order valence-electron chi connectivity index (χ4n) is 2.44. The molecular weight excluding hydrogens is 238 g/mol. The second-order valence-corrected chi connectivity index (χ2v) is 5.49. The van der Waals surface area contributed by atoms with Crippen LogP contribution in [0.5, 0.6) is 0 Å². The number of piperidine rings is 1. The Morgan fingerprint density at radius 3 is 2.84 bits per heavy atom. The predicted molar refractivity (Wildman–Crippen MR) is 79.6 cm³/mol. The van der Waals surface area contributed by atoms with Gasteiger partial charge in [0.05, 0.1) is 6.04 Å². The molecule has 1 fully saturated rings.